The molecule has 106 valence electrons. The number of carbonyl (C=O) groups excluding carboxylic acids is 1. The molecule has 2 aromatic heterocycles. The average Bonchev–Trinajstić information content (AvgIpc) is 3.00. The lowest BCUT2D eigenvalue weighted by Gasteiger charge is -2.12. The lowest BCUT2D eigenvalue weighted by Crippen LogP contribution is -2.29. The van der Waals surface area contributed by atoms with E-state index in [0.717, 1.165) is 0 Å². The molecule has 0 aliphatic rings. The fourth-order valence-corrected chi connectivity index (χ4v) is 1.34. The lowest BCUT2D eigenvalue weighted by molar-refractivity contribution is -0.141. The zero-order valence-corrected chi connectivity index (χ0v) is 10.8. The van der Waals surface area contributed by atoms with Crippen molar-refractivity contribution >= 4 is 17.9 Å². The van der Waals surface area contributed by atoms with Crippen molar-refractivity contribution in [3.8, 4) is 5.95 Å². The minimum Gasteiger partial charge on any atom is -0.467 e. The number of methoxy groups -OCH3 is 1. The Morgan fingerprint density at radius 2 is 2.15 bits per heavy atom. The zero-order chi connectivity index (χ0) is 14.5. The molecule has 0 aliphatic carbocycles. The second-order valence-corrected chi connectivity index (χ2v) is 3.66. The third kappa shape index (κ3) is 2.95. The first-order valence-electron chi connectivity index (χ1n) is 5.56. The van der Waals surface area contributed by atoms with Crippen LogP contribution in [0.2, 0.25) is 0 Å². The number of esters is 1. The molecule has 0 spiro atoms. The van der Waals surface area contributed by atoms with E-state index < -0.39 is 12.0 Å². The number of carbonyl (C=O) groups is 1. The van der Waals surface area contributed by atoms with Crippen molar-refractivity contribution < 1.29 is 9.53 Å². The molecule has 2 aromatic rings. The maximum atomic E-state index is 11.4. The van der Waals surface area contributed by atoms with Crippen molar-refractivity contribution in [3.63, 3.8) is 0 Å². The molecule has 20 heavy (non-hydrogen) atoms. The Bertz CT molecular complexity index is 585. The van der Waals surface area contributed by atoms with Gasteiger partial charge < -0.3 is 10.1 Å². The highest BCUT2D eigenvalue weighted by Crippen LogP contribution is 2.08. The Morgan fingerprint density at radius 1 is 1.40 bits per heavy atom. The average molecular weight is 279 g/mol. The smallest absolute Gasteiger partial charge is 0.328 e. The molecule has 0 aliphatic heterocycles. The molecule has 0 saturated heterocycles. The first kappa shape index (κ1) is 13.6. The monoisotopic (exact) mass is 279 g/mol. The first-order chi connectivity index (χ1) is 9.63. The van der Waals surface area contributed by atoms with E-state index in [4.69, 9.17) is 5.84 Å². The minimum atomic E-state index is -0.628. The number of ether oxygens (including phenoxy) is 1. The number of nitrogen functional groups attached to an aromatic ring is 1. The molecule has 11 nitrogen and oxygen atoms in total. The molecule has 0 saturated carbocycles. The Morgan fingerprint density at radius 3 is 2.75 bits per heavy atom. The van der Waals surface area contributed by atoms with Crippen molar-refractivity contribution in [2.75, 3.05) is 17.9 Å². The summed E-state index contributed by atoms with van der Waals surface area (Å²) in [7, 11) is 1.29. The number of hydrogen-bond donors (Lipinski definition) is 3. The van der Waals surface area contributed by atoms with Crippen LogP contribution in [0.15, 0.2) is 12.7 Å². The van der Waals surface area contributed by atoms with Crippen LogP contribution in [-0.4, -0.2) is 48.8 Å². The van der Waals surface area contributed by atoms with E-state index in [1.807, 2.05) is 0 Å². The molecule has 0 radical (unpaired) electrons. The largest absolute Gasteiger partial charge is 0.467 e. The maximum absolute atomic E-state index is 11.4. The molecule has 0 aromatic carbocycles. The number of aromatic nitrogens is 6. The molecular formula is C9H13N9O2. The van der Waals surface area contributed by atoms with Gasteiger partial charge in [0.15, 0.2) is 0 Å². The number of nitrogens with one attached hydrogen (secondary N) is 2. The number of hydrogen-bond acceptors (Lipinski definition) is 10. The lowest BCUT2D eigenvalue weighted by atomic mass is 10.3. The second-order valence-electron chi connectivity index (χ2n) is 3.66. The van der Waals surface area contributed by atoms with Crippen molar-refractivity contribution in [2.45, 2.75) is 13.0 Å². The predicted octanol–water partition coefficient (Wildman–Crippen LogP) is -1.29. The first-order valence-corrected chi connectivity index (χ1v) is 5.56. The number of hydrazine groups is 1. The van der Waals surface area contributed by atoms with Gasteiger partial charge in [-0.05, 0) is 6.92 Å². The third-order valence-corrected chi connectivity index (χ3v) is 2.28. The van der Waals surface area contributed by atoms with Gasteiger partial charge in [0.05, 0.1) is 7.11 Å². The van der Waals surface area contributed by atoms with Gasteiger partial charge >= 0.3 is 5.97 Å². The number of nitrogens with two attached hydrogens (primary N) is 1. The predicted molar refractivity (Wildman–Crippen MR) is 67.7 cm³/mol. The number of anilines is 2. The summed E-state index contributed by atoms with van der Waals surface area (Å²) < 4.78 is 5.93. The second kappa shape index (κ2) is 5.88. The van der Waals surface area contributed by atoms with Crippen LogP contribution in [0, 0.1) is 0 Å². The van der Waals surface area contributed by atoms with E-state index in [-0.39, 0.29) is 17.8 Å². The molecule has 4 N–H and O–H groups in total. The van der Waals surface area contributed by atoms with Gasteiger partial charge in [-0.1, -0.05) is 0 Å². The van der Waals surface area contributed by atoms with Crippen LogP contribution < -0.4 is 16.6 Å². The Kier molecular flexibility index (Phi) is 4.00. The molecule has 1 atom stereocenters. The summed E-state index contributed by atoms with van der Waals surface area (Å²) in [5.41, 5.74) is 2.31. The summed E-state index contributed by atoms with van der Waals surface area (Å²) >= 11 is 0. The van der Waals surface area contributed by atoms with Crippen LogP contribution in [-0.2, 0) is 9.53 Å². The van der Waals surface area contributed by atoms with Crippen molar-refractivity contribution in [1.29, 1.82) is 0 Å². The van der Waals surface area contributed by atoms with Crippen LogP contribution in [0.1, 0.15) is 6.92 Å². The van der Waals surface area contributed by atoms with E-state index in [1.54, 1.807) is 6.92 Å². The number of rotatable bonds is 5. The zero-order valence-electron chi connectivity index (χ0n) is 10.8. The summed E-state index contributed by atoms with van der Waals surface area (Å²) in [5, 5.41) is 6.67. The van der Waals surface area contributed by atoms with Gasteiger partial charge in [0.1, 0.15) is 18.7 Å². The normalized spacial score (nSPS) is 11.8. The van der Waals surface area contributed by atoms with Crippen LogP contribution in [0.3, 0.4) is 0 Å². The Balaban J connectivity index is 2.29. The SMILES string of the molecule is COC(=O)C(C)Nc1nc(NN)nc(-n2cncn2)n1. The van der Waals surface area contributed by atoms with E-state index in [1.165, 1.54) is 24.4 Å². The summed E-state index contributed by atoms with van der Waals surface area (Å²) in [4.78, 5) is 27.2. The van der Waals surface area contributed by atoms with Gasteiger partial charge in [0.2, 0.25) is 11.9 Å². The van der Waals surface area contributed by atoms with Crippen LogP contribution in [0.25, 0.3) is 5.95 Å². The van der Waals surface area contributed by atoms with Crippen LogP contribution >= 0.6 is 0 Å². The summed E-state index contributed by atoms with van der Waals surface area (Å²) in [6.07, 6.45) is 2.76. The highest BCUT2D eigenvalue weighted by Gasteiger charge is 2.16. The topological polar surface area (TPSA) is 146 Å². The molecule has 0 bridgehead atoms. The Hall–Kier alpha value is -2.82. The van der Waals surface area contributed by atoms with Gasteiger partial charge in [-0.3, -0.25) is 5.43 Å². The molecule has 0 amide bonds. The van der Waals surface area contributed by atoms with E-state index in [0.29, 0.717) is 0 Å². The standard InChI is InChI=1S/C9H13N9O2/c1-5(6(19)20-2)13-7-14-8(17-10)16-9(15-7)18-4-11-3-12-18/h3-5H,10H2,1-2H3,(H2,13,14,15,16,17). The molecule has 1 unspecified atom stereocenters. The van der Waals surface area contributed by atoms with Gasteiger partial charge in [-0.15, -0.1) is 0 Å². The fourth-order valence-electron chi connectivity index (χ4n) is 1.34. The van der Waals surface area contributed by atoms with Crippen molar-refractivity contribution in [3.05, 3.63) is 12.7 Å². The highest BCUT2D eigenvalue weighted by molar-refractivity contribution is 5.77. The quantitative estimate of drug-likeness (QED) is 0.343. The van der Waals surface area contributed by atoms with Crippen LogP contribution in [0.4, 0.5) is 11.9 Å². The maximum Gasteiger partial charge on any atom is 0.328 e. The molecule has 11 heteroatoms. The summed E-state index contributed by atoms with van der Waals surface area (Å²) in [5.74, 6) is 5.31. The minimum absolute atomic E-state index is 0.116. The van der Waals surface area contributed by atoms with Crippen LogP contribution in [0.5, 0.6) is 0 Å². The van der Waals surface area contributed by atoms with Gasteiger partial charge in [0.25, 0.3) is 5.95 Å². The Labute approximate surface area is 113 Å². The molecule has 0 fully saturated rings. The van der Waals surface area contributed by atoms with Gasteiger partial charge in [0, 0.05) is 0 Å². The molecule has 2 heterocycles. The summed E-state index contributed by atoms with van der Waals surface area (Å²) in [6, 6.07) is -0.628. The number of nitrogens with zero attached hydrogens (tertiary/aromatic N) is 6. The molecule has 2 rings (SSSR count). The van der Waals surface area contributed by atoms with Crippen molar-refractivity contribution in [1.82, 2.24) is 29.7 Å². The van der Waals surface area contributed by atoms with Crippen molar-refractivity contribution in [2.24, 2.45) is 5.84 Å². The highest BCUT2D eigenvalue weighted by atomic mass is 16.5. The van der Waals surface area contributed by atoms with Gasteiger partial charge in [-0.25, -0.2) is 15.6 Å². The van der Waals surface area contributed by atoms with Gasteiger partial charge in [-0.2, -0.15) is 24.7 Å². The van der Waals surface area contributed by atoms with E-state index in [9.17, 15) is 4.79 Å². The summed E-state index contributed by atoms with van der Waals surface area (Å²) in [6.45, 7) is 1.61. The fraction of sp³-hybridized carbons (Fsp3) is 0.333. The van der Waals surface area contributed by atoms with E-state index >= 15 is 0 Å². The third-order valence-electron chi connectivity index (χ3n) is 2.28. The van der Waals surface area contributed by atoms with E-state index in [2.05, 4.69) is 40.5 Å². The molecular weight excluding hydrogens is 266 g/mol.